The molecule has 0 fully saturated rings. The van der Waals surface area contributed by atoms with Gasteiger partial charge in [-0.05, 0) is 24.1 Å². The molecule has 0 bridgehead atoms. The molecule has 1 atom stereocenters. The van der Waals surface area contributed by atoms with E-state index in [4.69, 9.17) is 0 Å². The third kappa shape index (κ3) is 5.07. The molecule has 22 heavy (non-hydrogen) atoms. The van der Waals surface area contributed by atoms with Gasteiger partial charge in [0.1, 0.15) is 0 Å². The number of benzene rings is 1. The van der Waals surface area contributed by atoms with Crippen molar-refractivity contribution in [3.8, 4) is 0 Å². The van der Waals surface area contributed by atoms with E-state index < -0.39 is 6.10 Å². The first-order valence-corrected chi connectivity index (χ1v) is 7.87. The molecule has 5 heteroatoms. The van der Waals surface area contributed by atoms with Gasteiger partial charge in [-0.15, -0.1) is 0 Å². The summed E-state index contributed by atoms with van der Waals surface area (Å²) in [4.78, 5) is 14.0. The van der Waals surface area contributed by atoms with Crippen molar-refractivity contribution in [1.82, 2.24) is 10.6 Å². The molecule has 0 aliphatic carbocycles. The Kier molecular flexibility index (Phi) is 6.27. The number of anilines is 1. The second-order valence-electron chi connectivity index (χ2n) is 5.55. The highest BCUT2D eigenvalue weighted by molar-refractivity contribution is 5.73. The Morgan fingerprint density at radius 1 is 1.32 bits per heavy atom. The number of carbonyl (C=O) groups excluding carboxylic acids is 1. The first-order valence-electron chi connectivity index (χ1n) is 7.87. The van der Waals surface area contributed by atoms with E-state index in [1.54, 1.807) is 0 Å². The van der Waals surface area contributed by atoms with Crippen LogP contribution in [0.25, 0.3) is 0 Å². The lowest BCUT2D eigenvalue weighted by molar-refractivity contribution is 0.160. The van der Waals surface area contributed by atoms with Crippen LogP contribution in [0.2, 0.25) is 0 Å². The van der Waals surface area contributed by atoms with Gasteiger partial charge in [-0.25, -0.2) is 4.79 Å². The highest BCUT2D eigenvalue weighted by atomic mass is 16.3. The van der Waals surface area contributed by atoms with Crippen LogP contribution < -0.4 is 15.5 Å². The van der Waals surface area contributed by atoms with E-state index in [0.717, 1.165) is 25.1 Å². The molecule has 1 aliphatic heterocycles. The van der Waals surface area contributed by atoms with Crippen LogP contribution in [0, 0.1) is 0 Å². The molecule has 0 saturated heterocycles. The van der Waals surface area contributed by atoms with E-state index >= 15 is 0 Å². The Hall–Kier alpha value is -2.01. The summed E-state index contributed by atoms with van der Waals surface area (Å²) in [5.41, 5.74) is 2.23. The maximum atomic E-state index is 11.7. The van der Waals surface area contributed by atoms with Gasteiger partial charge >= 0.3 is 6.03 Å². The molecule has 0 spiro atoms. The smallest absolute Gasteiger partial charge is 0.315 e. The fourth-order valence-electron chi connectivity index (χ4n) is 2.44. The zero-order chi connectivity index (χ0) is 15.8. The van der Waals surface area contributed by atoms with Gasteiger partial charge in [-0.2, -0.15) is 0 Å². The first kappa shape index (κ1) is 16.4. The molecule has 0 aromatic heterocycles. The third-order valence-corrected chi connectivity index (χ3v) is 3.67. The SMILES string of the molecule is CCCC(O)CNC(=O)NCc1cccc(N2CC=CC2)c1. The molecule has 2 amide bonds. The monoisotopic (exact) mass is 303 g/mol. The summed E-state index contributed by atoms with van der Waals surface area (Å²) in [6, 6.07) is 7.94. The standard InChI is InChI=1S/C17H25N3O2/c1-2-6-16(21)13-19-17(22)18-12-14-7-5-8-15(11-14)20-9-3-4-10-20/h3-5,7-8,11,16,21H,2,6,9-10,12-13H2,1H3,(H2,18,19,22). The number of hydrogen-bond donors (Lipinski definition) is 3. The van der Waals surface area contributed by atoms with Gasteiger partial charge in [-0.1, -0.05) is 37.6 Å². The normalized spacial score (nSPS) is 14.9. The van der Waals surface area contributed by atoms with Crippen LogP contribution in [0.1, 0.15) is 25.3 Å². The number of aliphatic hydroxyl groups is 1. The molecule has 1 unspecified atom stereocenters. The van der Waals surface area contributed by atoms with Crippen molar-refractivity contribution in [3.05, 3.63) is 42.0 Å². The van der Waals surface area contributed by atoms with Crippen LogP contribution >= 0.6 is 0 Å². The van der Waals surface area contributed by atoms with Crippen LogP contribution in [0.3, 0.4) is 0 Å². The van der Waals surface area contributed by atoms with Gasteiger partial charge in [0.25, 0.3) is 0 Å². The van der Waals surface area contributed by atoms with Crippen molar-refractivity contribution >= 4 is 11.7 Å². The molecule has 3 N–H and O–H groups in total. The van der Waals surface area contributed by atoms with E-state index in [9.17, 15) is 9.90 Å². The predicted octanol–water partition coefficient (Wildman–Crippen LogP) is 2.02. The average Bonchev–Trinajstić information content (AvgIpc) is 3.06. The predicted molar refractivity (Wildman–Crippen MR) is 88.9 cm³/mol. The van der Waals surface area contributed by atoms with Crippen molar-refractivity contribution < 1.29 is 9.90 Å². The number of rotatable bonds is 7. The lowest BCUT2D eigenvalue weighted by Gasteiger charge is -2.18. The molecule has 5 nitrogen and oxygen atoms in total. The molecule has 2 rings (SSSR count). The minimum absolute atomic E-state index is 0.247. The second-order valence-corrected chi connectivity index (χ2v) is 5.55. The van der Waals surface area contributed by atoms with Crippen LogP contribution in [0.5, 0.6) is 0 Å². The summed E-state index contributed by atoms with van der Waals surface area (Å²) < 4.78 is 0. The van der Waals surface area contributed by atoms with E-state index in [1.807, 2.05) is 19.1 Å². The summed E-state index contributed by atoms with van der Waals surface area (Å²) in [5.74, 6) is 0. The molecule has 1 heterocycles. The lowest BCUT2D eigenvalue weighted by atomic mass is 10.2. The maximum absolute atomic E-state index is 11.7. The fourth-order valence-corrected chi connectivity index (χ4v) is 2.44. The molecule has 120 valence electrons. The van der Waals surface area contributed by atoms with Crippen LogP contribution in [0.4, 0.5) is 10.5 Å². The summed E-state index contributed by atoms with van der Waals surface area (Å²) in [6.07, 6.45) is 5.44. The Labute approximate surface area is 132 Å². The molecule has 1 aromatic rings. The number of nitrogens with zero attached hydrogens (tertiary/aromatic N) is 1. The minimum Gasteiger partial charge on any atom is -0.391 e. The Balaban J connectivity index is 1.76. The first-order chi connectivity index (χ1) is 10.7. The fraction of sp³-hybridized carbons (Fsp3) is 0.471. The Morgan fingerprint density at radius 2 is 2.09 bits per heavy atom. The number of carbonyl (C=O) groups is 1. The summed E-state index contributed by atoms with van der Waals surface area (Å²) >= 11 is 0. The largest absolute Gasteiger partial charge is 0.391 e. The number of urea groups is 1. The number of aliphatic hydroxyl groups excluding tert-OH is 1. The summed E-state index contributed by atoms with van der Waals surface area (Å²) in [5, 5.41) is 15.1. The number of hydrogen-bond acceptors (Lipinski definition) is 3. The second kappa shape index (κ2) is 8.44. The third-order valence-electron chi connectivity index (χ3n) is 3.67. The van der Waals surface area contributed by atoms with E-state index in [-0.39, 0.29) is 6.03 Å². The van der Waals surface area contributed by atoms with Crippen LogP contribution in [0.15, 0.2) is 36.4 Å². The van der Waals surface area contributed by atoms with Gasteiger partial charge in [-0.3, -0.25) is 0 Å². The van der Waals surface area contributed by atoms with Crippen LogP contribution in [-0.2, 0) is 6.54 Å². The van der Waals surface area contributed by atoms with E-state index in [1.165, 1.54) is 5.69 Å². The van der Waals surface area contributed by atoms with Crippen molar-refractivity contribution in [2.75, 3.05) is 24.5 Å². The van der Waals surface area contributed by atoms with Gasteiger partial charge in [0.15, 0.2) is 0 Å². The zero-order valence-electron chi connectivity index (χ0n) is 13.1. The van der Waals surface area contributed by atoms with Crippen molar-refractivity contribution in [3.63, 3.8) is 0 Å². The van der Waals surface area contributed by atoms with Gasteiger partial charge < -0.3 is 20.6 Å². The minimum atomic E-state index is -0.471. The molecule has 1 aromatic carbocycles. The molecular weight excluding hydrogens is 278 g/mol. The van der Waals surface area contributed by atoms with Crippen molar-refractivity contribution in [1.29, 1.82) is 0 Å². The van der Waals surface area contributed by atoms with Crippen molar-refractivity contribution in [2.45, 2.75) is 32.4 Å². The number of nitrogens with one attached hydrogen (secondary N) is 2. The molecular formula is C17H25N3O2. The lowest BCUT2D eigenvalue weighted by Crippen LogP contribution is -2.39. The topological polar surface area (TPSA) is 64.6 Å². The molecule has 0 radical (unpaired) electrons. The van der Waals surface area contributed by atoms with E-state index in [2.05, 4.69) is 39.8 Å². The zero-order valence-corrected chi connectivity index (χ0v) is 13.1. The van der Waals surface area contributed by atoms with Crippen LogP contribution in [-0.4, -0.2) is 36.9 Å². The molecule has 0 saturated carbocycles. The Morgan fingerprint density at radius 3 is 2.82 bits per heavy atom. The van der Waals surface area contributed by atoms with E-state index in [0.29, 0.717) is 19.5 Å². The Bertz CT molecular complexity index is 508. The van der Waals surface area contributed by atoms with Gasteiger partial charge in [0.05, 0.1) is 6.10 Å². The molecule has 1 aliphatic rings. The average molecular weight is 303 g/mol. The quantitative estimate of drug-likeness (QED) is 0.675. The van der Waals surface area contributed by atoms with Gasteiger partial charge in [0, 0.05) is 31.9 Å². The maximum Gasteiger partial charge on any atom is 0.315 e. The highest BCUT2D eigenvalue weighted by Gasteiger charge is 2.09. The van der Waals surface area contributed by atoms with Crippen molar-refractivity contribution in [2.24, 2.45) is 0 Å². The summed E-state index contributed by atoms with van der Waals surface area (Å²) in [7, 11) is 0. The highest BCUT2D eigenvalue weighted by Crippen LogP contribution is 2.18. The van der Waals surface area contributed by atoms with Gasteiger partial charge in [0.2, 0.25) is 0 Å². The number of amides is 2. The summed E-state index contributed by atoms with van der Waals surface area (Å²) in [6.45, 7) is 4.65.